The van der Waals surface area contributed by atoms with Gasteiger partial charge in [-0.3, -0.25) is 9.59 Å². The Labute approximate surface area is 211 Å². The summed E-state index contributed by atoms with van der Waals surface area (Å²) >= 11 is 0. The maximum Gasteiger partial charge on any atom is 0.316 e. The van der Waals surface area contributed by atoms with Gasteiger partial charge in [0.1, 0.15) is 18.6 Å². The fourth-order valence-electron chi connectivity index (χ4n) is 5.33. The van der Waals surface area contributed by atoms with E-state index in [2.05, 4.69) is 12.2 Å². The van der Waals surface area contributed by atoms with E-state index in [0.29, 0.717) is 19.4 Å². The number of nitrogens with one attached hydrogen (secondary N) is 1. The van der Waals surface area contributed by atoms with Crippen LogP contribution in [0, 0.1) is 17.8 Å². The molecule has 9 heteroatoms. The fourth-order valence-corrected chi connectivity index (χ4v) is 5.33. The van der Waals surface area contributed by atoms with Crippen molar-refractivity contribution in [2.45, 2.75) is 103 Å². The molecule has 2 N–H and O–H groups in total. The number of esters is 1. The van der Waals surface area contributed by atoms with Gasteiger partial charge in [0, 0.05) is 25.1 Å². The van der Waals surface area contributed by atoms with Crippen molar-refractivity contribution in [3.05, 3.63) is 0 Å². The van der Waals surface area contributed by atoms with Crippen LogP contribution in [-0.2, 0) is 28.5 Å². The monoisotopic (exact) mass is 500 g/mol. The molecule has 35 heavy (non-hydrogen) atoms. The summed E-state index contributed by atoms with van der Waals surface area (Å²) in [5, 5.41) is 14.6. The van der Waals surface area contributed by atoms with E-state index in [9.17, 15) is 14.7 Å². The van der Waals surface area contributed by atoms with Gasteiger partial charge in [-0.05, 0) is 66.6 Å². The molecule has 2 heterocycles. The SMILES string of the molecule is CC[C@H]1COC(=O)[C@H](C)C(=O)[C@H](C)[C@@H](O[C@@H]2OC(C)CC(N(C)C)C2O)[C@](C)(OC)C[C@@H](C)CN1. The van der Waals surface area contributed by atoms with Crippen molar-refractivity contribution in [2.24, 2.45) is 17.8 Å². The number of hydrogen-bond donors (Lipinski definition) is 2. The van der Waals surface area contributed by atoms with E-state index in [1.54, 1.807) is 21.0 Å². The van der Waals surface area contributed by atoms with Crippen molar-refractivity contribution in [1.29, 1.82) is 0 Å². The van der Waals surface area contributed by atoms with Crippen LogP contribution in [0.5, 0.6) is 0 Å². The van der Waals surface area contributed by atoms with E-state index in [1.165, 1.54) is 0 Å². The number of ketones is 1. The number of hydrogen-bond acceptors (Lipinski definition) is 9. The molecule has 204 valence electrons. The topological polar surface area (TPSA) is 107 Å². The minimum atomic E-state index is -0.946. The molecule has 2 aliphatic rings. The Morgan fingerprint density at radius 1 is 1.20 bits per heavy atom. The van der Waals surface area contributed by atoms with E-state index in [4.69, 9.17) is 18.9 Å². The number of methoxy groups -OCH3 is 1. The molecule has 0 saturated carbocycles. The zero-order chi connectivity index (χ0) is 26.5. The average Bonchev–Trinajstić information content (AvgIpc) is 2.82. The summed E-state index contributed by atoms with van der Waals surface area (Å²) in [6, 6.07) is -0.140. The predicted molar refractivity (Wildman–Crippen MR) is 133 cm³/mol. The van der Waals surface area contributed by atoms with Crippen LogP contribution in [-0.4, -0.2) is 98.4 Å². The quantitative estimate of drug-likeness (QED) is 0.433. The van der Waals surface area contributed by atoms with Gasteiger partial charge in [-0.15, -0.1) is 0 Å². The number of Topliss-reactive ketones (excluding diaryl/α,β-unsaturated/α-hetero) is 1. The number of nitrogens with zero attached hydrogens (tertiary/aromatic N) is 1. The molecule has 2 saturated heterocycles. The van der Waals surface area contributed by atoms with E-state index >= 15 is 0 Å². The summed E-state index contributed by atoms with van der Waals surface area (Å²) in [6.07, 6.45) is -0.653. The molecule has 9 nitrogen and oxygen atoms in total. The molecule has 0 aromatic rings. The van der Waals surface area contributed by atoms with Gasteiger partial charge in [-0.25, -0.2) is 0 Å². The lowest BCUT2D eigenvalue weighted by molar-refractivity contribution is -0.295. The summed E-state index contributed by atoms with van der Waals surface area (Å²) in [5.74, 6) is -2.28. The number of cyclic esters (lactones) is 1. The van der Waals surface area contributed by atoms with Gasteiger partial charge in [0.25, 0.3) is 0 Å². The van der Waals surface area contributed by atoms with Crippen LogP contribution in [0.3, 0.4) is 0 Å². The van der Waals surface area contributed by atoms with Crippen LogP contribution < -0.4 is 5.32 Å². The number of carbonyl (C=O) groups is 2. The second-order valence-corrected chi connectivity index (χ2v) is 11.0. The summed E-state index contributed by atoms with van der Waals surface area (Å²) in [4.78, 5) is 28.2. The Morgan fingerprint density at radius 2 is 1.86 bits per heavy atom. The summed E-state index contributed by atoms with van der Waals surface area (Å²) in [7, 11) is 5.44. The highest BCUT2D eigenvalue weighted by Gasteiger charge is 2.48. The molecule has 0 aliphatic carbocycles. The molecule has 10 atom stereocenters. The smallest absolute Gasteiger partial charge is 0.316 e. The number of rotatable bonds is 5. The summed E-state index contributed by atoms with van der Waals surface area (Å²) in [6.45, 7) is 12.3. The minimum absolute atomic E-state index is 0.0120. The third kappa shape index (κ3) is 7.46. The van der Waals surface area contributed by atoms with Crippen molar-refractivity contribution in [1.82, 2.24) is 10.2 Å². The van der Waals surface area contributed by atoms with Crippen molar-refractivity contribution >= 4 is 11.8 Å². The molecule has 0 radical (unpaired) electrons. The van der Waals surface area contributed by atoms with Crippen LogP contribution >= 0.6 is 0 Å². The van der Waals surface area contributed by atoms with Gasteiger partial charge in [0.05, 0.1) is 17.8 Å². The molecule has 0 aromatic carbocycles. The second kappa shape index (κ2) is 12.9. The number of aliphatic hydroxyl groups is 1. The number of carbonyl (C=O) groups excluding carboxylic acids is 2. The first kappa shape index (κ1) is 30.1. The first-order valence-corrected chi connectivity index (χ1v) is 13.0. The Hall–Kier alpha value is -1.10. The molecule has 2 fully saturated rings. The van der Waals surface area contributed by atoms with Crippen LogP contribution in [0.2, 0.25) is 0 Å². The molecule has 3 unspecified atom stereocenters. The number of aliphatic hydroxyl groups excluding tert-OH is 1. The van der Waals surface area contributed by atoms with Gasteiger partial charge in [-0.1, -0.05) is 20.8 Å². The molecule has 2 rings (SSSR count). The van der Waals surface area contributed by atoms with E-state index < -0.39 is 41.9 Å². The minimum Gasteiger partial charge on any atom is -0.463 e. The van der Waals surface area contributed by atoms with Crippen LogP contribution in [0.25, 0.3) is 0 Å². The molecular formula is C26H48N2O7. The Morgan fingerprint density at radius 3 is 2.43 bits per heavy atom. The average molecular weight is 501 g/mol. The van der Waals surface area contributed by atoms with Crippen molar-refractivity contribution in [2.75, 3.05) is 34.4 Å². The summed E-state index contributed by atoms with van der Waals surface area (Å²) < 4.78 is 24.0. The van der Waals surface area contributed by atoms with Gasteiger partial charge in [0.2, 0.25) is 0 Å². The van der Waals surface area contributed by atoms with E-state index in [0.717, 1.165) is 6.42 Å². The Bertz CT molecular complexity index is 705. The van der Waals surface area contributed by atoms with Gasteiger partial charge in [0.15, 0.2) is 12.1 Å². The van der Waals surface area contributed by atoms with Gasteiger partial charge < -0.3 is 34.3 Å². The van der Waals surface area contributed by atoms with Crippen molar-refractivity contribution in [3.8, 4) is 0 Å². The third-order valence-corrected chi connectivity index (χ3v) is 7.74. The third-order valence-electron chi connectivity index (χ3n) is 7.74. The van der Waals surface area contributed by atoms with E-state index in [1.807, 2.05) is 39.8 Å². The first-order chi connectivity index (χ1) is 16.3. The van der Waals surface area contributed by atoms with E-state index in [-0.39, 0.29) is 36.5 Å². The maximum atomic E-state index is 13.5. The zero-order valence-corrected chi connectivity index (χ0v) is 23.1. The van der Waals surface area contributed by atoms with Gasteiger partial charge in [-0.2, -0.15) is 0 Å². The normalized spacial score (nSPS) is 42.7. The highest BCUT2D eigenvalue weighted by Crippen LogP contribution is 2.36. The highest BCUT2D eigenvalue weighted by molar-refractivity contribution is 5.99. The second-order valence-electron chi connectivity index (χ2n) is 11.0. The standard InChI is InChI=1S/C26H48N2O7/c1-10-19-14-33-24(31)18(5)21(29)17(4)23(26(6,32-9)12-15(2)13-27-19)35-25-22(30)20(28(7)8)11-16(3)34-25/h15-20,22-23,25,27,30H,10-14H2,1-9H3/t15-,16?,17+,18-,19+,20?,22?,23-,25+,26-/m1/s1. The maximum absolute atomic E-state index is 13.5. The van der Waals surface area contributed by atoms with Crippen LogP contribution in [0.15, 0.2) is 0 Å². The lowest BCUT2D eigenvalue weighted by atomic mass is 9.78. The van der Waals surface area contributed by atoms with Crippen LogP contribution in [0.4, 0.5) is 0 Å². The highest BCUT2D eigenvalue weighted by atomic mass is 16.7. The zero-order valence-electron chi connectivity index (χ0n) is 23.1. The lowest BCUT2D eigenvalue weighted by Crippen LogP contribution is -2.59. The molecule has 0 spiro atoms. The Balaban J connectivity index is 2.43. The largest absolute Gasteiger partial charge is 0.463 e. The summed E-state index contributed by atoms with van der Waals surface area (Å²) in [5.41, 5.74) is -0.868. The molecule has 0 bridgehead atoms. The number of ether oxygens (including phenoxy) is 4. The Kier molecular flexibility index (Phi) is 11.1. The number of likely N-dealkylation sites (N-methyl/N-ethyl adjacent to an activating group) is 1. The van der Waals surface area contributed by atoms with Crippen LogP contribution in [0.1, 0.15) is 60.8 Å². The predicted octanol–water partition coefficient (Wildman–Crippen LogP) is 2.00. The molecule has 0 amide bonds. The van der Waals surface area contributed by atoms with Crippen molar-refractivity contribution < 1.29 is 33.6 Å². The molecular weight excluding hydrogens is 452 g/mol. The van der Waals surface area contributed by atoms with Crippen molar-refractivity contribution in [3.63, 3.8) is 0 Å². The molecule has 0 aromatic heterocycles. The molecule has 2 aliphatic heterocycles. The first-order valence-electron chi connectivity index (χ1n) is 13.0. The fraction of sp³-hybridized carbons (Fsp3) is 0.923. The van der Waals surface area contributed by atoms with Gasteiger partial charge >= 0.3 is 5.97 Å². The lowest BCUT2D eigenvalue weighted by Gasteiger charge is -2.46.